The summed E-state index contributed by atoms with van der Waals surface area (Å²) in [5, 5.41) is 8.09. The Morgan fingerprint density at radius 1 is 1.18 bits per heavy atom. The molecule has 3 aromatic rings. The highest BCUT2D eigenvalue weighted by Gasteiger charge is 2.19. The molecule has 0 saturated carbocycles. The normalized spacial score (nSPS) is 11.9. The Morgan fingerprint density at radius 3 is 2.57 bits per heavy atom. The first-order valence-electron chi connectivity index (χ1n) is 9.16. The molecule has 0 bridgehead atoms. The molecule has 1 aromatic heterocycles. The van der Waals surface area contributed by atoms with Crippen molar-refractivity contribution in [3.05, 3.63) is 76.1 Å². The van der Waals surface area contributed by atoms with Crippen molar-refractivity contribution in [3.63, 3.8) is 0 Å². The third-order valence-corrected chi connectivity index (χ3v) is 4.80. The summed E-state index contributed by atoms with van der Waals surface area (Å²) in [7, 11) is 0. The van der Waals surface area contributed by atoms with Crippen LogP contribution in [0.25, 0.3) is 0 Å². The van der Waals surface area contributed by atoms with Crippen molar-refractivity contribution >= 4 is 23.2 Å². The molecular weight excluding hydrogens is 374 g/mol. The molecule has 1 N–H and O–H groups in total. The van der Waals surface area contributed by atoms with Gasteiger partial charge in [-0.15, -0.1) is 0 Å². The maximum absolute atomic E-state index is 12.6. The number of aromatic nitrogens is 2. The van der Waals surface area contributed by atoms with E-state index < -0.39 is 6.10 Å². The van der Waals surface area contributed by atoms with E-state index in [4.69, 9.17) is 16.3 Å². The van der Waals surface area contributed by atoms with E-state index in [2.05, 4.69) is 41.6 Å². The molecule has 1 unspecified atom stereocenters. The number of carbonyl (C=O) groups is 1. The summed E-state index contributed by atoms with van der Waals surface area (Å²) in [5.74, 6) is 0.319. The SMILES string of the molecule is Cc1ccc(Cn2nc(C)c(NC(=O)C(C)Oc3cccc(Cl)c3)c2C)cc1. The molecule has 28 heavy (non-hydrogen) atoms. The van der Waals surface area contributed by atoms with Gasteiger partial charge in [0.25, 0.3) is 5.91 Å². The van der Waals surface area contributed by atoms with E-state index in [-0.39, 0.29) is 5.91 Å². The predicted molar refractivity (Wildman–Crippen MR) is 112 cm³/mol. The van der Waals surface area contributed by atoms with E-state index in [9.17, 15) is 4.79 Å². The average Bonchev–Trinajstić information content (AvgIpc) is 2.91. The number of benzene rings is 2. The third-order valence-electron chi connectivity index (χ3n) is 4.56. The van der Waals surface area contributed by atoms with Crippen LogP contribution in [0, 0.1) is 20.8 Å². The minimum atomic E-state index is -0.669. The smallest absolute Gasteiger partial charge is 0.265 e. The highest BCUT2D eigenvalue weighted by atomic mass is 35.5. The van der Waals surface area contributed by atoms with Gasteiger partial charge in [0.05, 0.1) is 23.6 Å². The van der Waals surface area contributed by atoms with Crippen molar-refractivity contribution in [1.29, 1.82) is 0 Å². The fraction of sp³-hybridized carbons (Fsp3) is 0.273. The number of ether oxygens (including phenoxy) is 1. The van der Waals surface area contributed by atoms with Gasteiger partial charge in [-0.1, -0.05) is 47.5 Å². The average molecular weight is 398 g/mol. The summed E-state index contributed by atoms with van der Waals surface area (Å²) < 4.78 is 7.60. The molecule has 146 valence electrons. The largest absolute Gasteiger partial charge is 0.481 e. The van der Waals surface area contributed by atoms with Crippen molar-refractivity contribution in [2.24, 2.45) is 0 Å². The first-order chi connectivity index (χ1) is 13.3. The van der Waals surface area contributed by atoms with Gasteiger partial charge in [-0.25, -0.2) is 0 Å². The lowest BCUT2D eigenvalue weighted by Gasteiger charge is -2.15. The molecule has 0 spiro atoms. The number of anilines is 1. The van der Waals surface area contributed by atoms with Gasteiger partial charge in [0.1, 0.15) is 5.75 Å². The summed E-state index contributed by atoms with van der Waals surface area (Å²) in [5.41, 5.74) is 4.78. The quantitative estimate of drug-likeness (QED) is 0.642. The number of rotatable bonds is 6. The summed E-state index contributed by atoms with van der Waals surface area (Å²) in [6.07, 6.45) is -0.669. The van der Waals surface area contributed by atoms with Crippen LogP contribution >= 0.6 is 11.6 Å². The van der Waals surface area contributed by atoms with Crippen LogP contribution in [0.3, 0.4) is 0 Å². The highest BCUT2D eigenvalue weighted by Crippen LogP contribution is 2.22. The first-order valence-corrected chi connectivity index (χ1v) is 9.54. The molecule has 6 heteroatoms. The Hall–Kier alpha value is -2.79. The van der Waals surface area contributed by atoms with Crippen LogP contribution in [0.15, 0.2) is 48.5 Å². The number of halogens is 1. The van der Waals surface area contributed by atoms with Crippen LogP contribution in [0.5, 0.6) is 5.75 Å². The molecule has 1 amide bonds. The zero-order valence-electron chi connectivity index (χ0n) is 16.5. The summed E-state index contributed by atoms with van der Waals surface area (Å²) in [4.78, 5) is 12.6. The fourth-order valence-corrected chi connectivity index (χ4v) is 3.10. The summed E-state index contributed by atoms with van der Waals surface area (Å²) in [6.45, 7) is 8.26. The summed E-state index contributed by atoms with van der Waals surface area (Å²) >= 11 is 5.97. The standard InChI is InChI=1S/C22H24ClN3O2/c1-14-8-10-18(11-9-14)13-26-16(3)21(15(2)25-26)24-22(27)17(4)28-20-7-5-6-19(23)12-20/h5-12,17H,13H2,1-4H3,(H,24,27). The molecule has 0 saturated heterocycles. The predicted octanol–water partition coefficient (Wildman–Crippen LogP) is 4.92. The van der Waals surface area contributed by atoms with Crippen LogP contribution < -0.4 is 10.1 Å². The first kappa shape index (κ1) is 20.0. The van der Waals surface area contributed by atoms with Gasteiger partial charge in [0.15, 0.2) is 6.10 Å². The van der Waals surface area contributed by atoms with E-state index in [1.807, 2.05) is 18.5 Å². The number of hydrogen-bond acceptors (Lipinski definition) is 3. The number of nitrogens with one attached hydrogen (secondary N) is 1. The lowest BCUT2D eigenvalue weighted by atomic mass is 10.1. The number of carbonyl (C=O) groups excluding carboxylic acids is 1. The molecule has 0 radical (unpaired) electrons. The van der Waals surface area contributed by atoms with Gasteiger partial charge in [0, 0.05) is 5.02 Å². The van der Waals surface area contributed by atoms with Gasteiger partial charge in [-0.05, 0) is 51.5 Å². The lowest BCUT2D eigenvalue weighted by Crippen LogP contribution is -2.30. The van der Waals surface area contributed by atoms with Crippen molar-refractivity contribution in [2.75, 3.05) is 5.32 Å². The van der Waals surface area contributed by atoms with Gasteiger partial charge in [-0.3, -0.25) is 9.48 Å². The zero-order chi connectivity index (χ0) is 20.3. The minimum absolute atomic E-state index is 0.235. The number of aryl methyl sites for hydroxylation is 2. The van der Waals surface area contributed by atoms with Crippen molar-refractivity contribution in [2.45, 2.75) is 40.3 Å². The molecule has 0 aliphatic rings. The summed E-state index contributed by atoms with van der Waals surface area (Å²) in [6, 6.07) is 15.3. The minimum Gasteiger partial charge on any atom is -0.481 e. The molecule has 1 heterocycles. The van der Waals surface area contributed by atoms with E-state index in [1.165, 1.54) is 5.56 Å². The van der Waals surface area contributed by atoms with E-state index >= 15 is 0 Å². The number of nitrogens with zero attached hydrogens (tertiary/aromatic N) is 2. The third kappa shape index (κ3) is 4.73. The van der Waals surface area contributed by atoms with E-state index in [0.717, 1.165) is 22.6 Å². The maximum atomic E-state index is 12.6. The van der Waals surface area contributed by atoms with Crippen molar-refractivity contribution in [3.8, 4) is 5.75 Å². The molecule has 5 nitrogen and oxygen atoms in total. The highest BCUT2D eigenvalue weighted by molar-refractivity contribution is 6.30. The van der Waals surface area contributed by atoms with Crippen LogP contribution in [-0.2, 0) is 11.3 Å². The van der Waals surface area contributed by atoms with Gasteiger partial charge in [-0.2, -0.15) is 5.10 Å². The topological polar surface area (TPSA) is 56.2 Å². The number of hydrogen-bond donors (Lipinski definition) is 1. The van der Waals surface area contributed by atoms with Crippen molar-refractivity contribution in [1.82, 2.24) is 9.78 Å². The Balaban J connectivity index is 1.70. The Bertz CT molecular complexity index is 980. The number of amides is 1. The van der Waals surface area contributed by atoms with E-state index in [1.54, 1.807) is 31.2 Å². The van der Waals surface area contributed by atoms with Gasteiger partial charge in [0.2, 0.25) is 0 Å². The molecule has 1 atom stereocenters. The molecule has 0 aliphatic heterocycles. The second-order valence-electron chi connectivity index (χ2n) is 6.90. The molecule has 2 aromatic carbocycles. The molecule has 3 rings (SSSR count). The van der Waals surface area contributed by atoms with Crippen molar-refractivity contribution < 1.29 is 9.53 Å². The van der Waals surface area contributed by atoms with Crippen LogP contribution in [0.2, 0.25) is 5.02 Å². The maximum Gasteiger partial charge on any atom is 0.265 e. The molecular formula is C22H24ClN3O2. The second-order valence-corrected chi connectivity index (χ2v) is 7.33. The van der Waals surface area contributed by atoms with Gasteiger partial charge >= 0.3 is 0 Å². The van der Waals surface area contributed by atoms with Crippen LogP contribution in [0.4, 0.5) is 5.69 Å². The van der Waals surface area contributed by atoms with Crippen LogP contribution in [-0.4, -0.2) is 21.8 Å². The Morgan fingerprint density at radius 2 is 1.89 bits per heavy atom. The van der Waals surface area contributed by atoms with E-state index in [0.29, 0.717) is 17.3 Å². The zero-order valence-corrected chi connectivity index (χ0v) is 17.2. The van der Waals surface area contributed by atoms with Crippen LogP contribution in [0.1, 0.15) is 29.4 Å². The second kappa shape index (κ2) is 8.48. The fourth-order valence-electron chi connectivity index (χ4n) is 2.92. The molecule has 0 fully saturated rings. The molecule has 0 aliphatic carbocycles. The van der Waals surface area contributed by atoms with Gasteiger partial charge < -0.3 is 10.1 Å². The monoisotopic (exact) mass is 397 g/mol. The Labute approximate surface area is 170 Å². The lowest BCUT2D eigenvalue weighted by molar-refractivity contribution is -0.122. The Kier molecular flexibility index (Phi) is 6.05.